The van der Waals surface area contributed by atoms with Crippen LogP contribution in [0.1, 0.15) is 59.3 Å². The highest BCUT2D eigenvalue weighted by atomic mass is 15.2. The summed E-state index contributed by atoms with van der Waals surface area (Å²) in [7, 11) is 0. The van der Waals surface area contributed by atoms with E-state index < -0.39 is 6.04 Å². The van der Waals surface area contributed by atoms with Crippen LogP contribution in [-0.2, 0) is 0 Å². The Labute approximate surface area is 177 Å². The van der Waals surface area contributed by atoms with Gasteiger partial charge >= 0.3 is 6.04 Å². The summed E-state index contributed by atoms with van der Waals surface area (Å²) in [6.07, 6.45) is 7.01. The molecule has 0 amide bonds. The van der Waals surface area contributed by atoms with Crippen molar-refractivity contribution >= 4 is 5.84 Å². The topological polar surface area (TPSA) is 50.2 Å². The second-order valence-corrected chi connectivity index (χ2v) is 9.43. The number of aliphatic imine (C=N–C) groups is 1. The SMILES string of the molecule is [C-]#[N+]C(C#N)C(=NC1CCN(C(C)C)CC1)N1CCC(CN2CCCC2C)CC1. The molecular weight excluding hydrogens is 360 g/mol. The van der Waals surface area contributed by atoms with Crippen LogP contribution >= 0.6 is 0 Å². The predicted molar refractivity (Wildman–Crippen MR) is 118 cm³/mol. The molecule has 160 valence electrons. The van der Waals surface area contributed by atoms with Gasteiger partial charge in [-0.15, -0.1) is 0 Å². The Morgan fingerprint density at radius 3 is 2.31 bits per heavy atom. The number of nitriles is 1. The van der Waals surface area contributed by atoms with E-state index in [9.17, 15) is 5.26 Å². The predicted octanol–water partition coefficient (Wildman–Crippen LogP) is 3.27. The van der Waals surface area contributed by atoms with E-state index in [2.05, 4.69) is 46.4 Å². The summed E-state index contributed by atoms with van der Waals surface area (Å²) in [5, 5.41) is 9.56. The van der Waals surface area contributed by atoms with Crippen molar-refractivity contribution in [3.05, 3.63) is 11.4 Å². The van der Waals surface area contributed by atoms with Gasteiger partial charge in [-0.25, -0.2) is 6.57 Å². The number of amidine groups is 1. The maximum atomic E-state index is 9.56. The molecule has 2 atom stereocenters. The van der Waals surface area contributed by atoms with Gasteiger partial charge in [-0.3, -0.25) is 9.84 Å². The smallest absolute Gasteiger partial charge is 0.353 e. The van der Waals surface area contributed by atoms with E-state index in [4.69, 9.17) is 11.6 Å². The fourth-order valence-electron chi connectivity index (χ4n) is 5.13. The van der Waals surface area contributed by atoms with Crippen LogP contribution in [0.3, 0.4) is 0 Å². The molecule has 6 nitrogen and oxygen atoms in total. The van der Waals surface area contributed by atoms with E-state index in [1.807, 2.05) is 0 Å². The Hall–Kier alpha value is -1.63. The van der Waals surface area contributed by atoms with Crippen LogP contribution in [0.5, 0.6) is 0 Å². The van der Waals surface area contributed by atoms with Gasteiger partial charge in [0, 0.05) is 44.8 Å². The third-order valence-corrected chi connectivity index (χ3v) is 7.16. The third kappa shape index (κ3) is 5.71. The largest absolute Gasteiger partial charge is 0.363 e. The molecule has 6 heteroatoms. The molecule has 0 aromatic heterocycles. The lowest BCUT2D eigenvalue weighted by molar-refractivity contribution is 0.168. The molecule has 0 aromatic rings. The molecule has 2 unspecified atom stereocenters. The highest BCUT2D eigenvalue weighted by molar-refractivity contribution is 5.91. The van der Waals surface area contributed by atoms with E-state index >= 15 is 0 Å². The molecule has 3 aliphatic rings. The van der Waals surface area contributed by atoms with Crippen LogP contribution in [0.15, 0.2) is 4.99 Å². The first-order chi connectivity index (χ1) is 14.0. The minimum absolute atomic E-state index is 0.251. The van der Waals surface area contributed by atoms with Crippen molar-refractivity contribution in [1.82, 2.24) is 14.7 Å². The highest BCUT2D eigenvalue weighted by Crippen LogP contribution is 2.25. The first kappa shape index (κ1) is 22.1. The van der Waals surface area contributed by atoms with Crippen LogP contribution in [0.2, 0.25) is 0 Å². The van der Waals surface area contributed by atoms with Crippen LogP contribution < -0.4 is 0 Å². The maximum absolute atomic E-state index is 9.56. The van der Waals surface area contributed by atoms with E-state index in [-0.39, 0.29) is 6.04 Å². The monoisotopic (exact) mass is 398 g/mol. The fourth-order valence-corrected chi connectivity index (χ4v) is 5.13. The lowest BCUT2D eigenvalue weighted by Crippen LogP contribution is -2.46. The summed E-state index contributed by atoms with van der Waals surface area (Å²) in [5.41, 5.74) is 0. The second-order valence-electron chi connectivity index (χ2n) is 9.43. The fraction of sp³-hybridized carbons (Fsp3) is 0.870. The van der Waals surface area contributed by atoms with Crippen LogP contribution in [0.25, 0.3) is 4.85 Å². The van der Waals surface area contributed by atoms with Crippen molar-refractivity contribution in [2.45, 2.75) is 83.5 Å². The number of rotatable bonds is 5. The Morgan fingerprint density at radius 2 is 1.79 bits per heavy atom. The van der Waals surface area contributed by atoms with Gasteiger partial charge in [0.15, 0.2) is 11.9 Å². The zero-order chi connectivity index (χ0) is 20.8. The molecule has 3 heterocycles. The van der Waals surface area contributed by atoms with Crippen molar-refractivity contribution in [3.63, 3.8) is 0 Å². The molecular formula is C23H38N6. The van der Waals surface area contributed by atoms with Gasteiger partial charge in [0.25, 0.3) is 0 Å². The van der Waals surface area contributed by atoms with Gasteiger partial charge in [-0.1, -0.05) is 0 Å². The number of hydrogen-bond donors (Lipinski definition) is 0. The van der Waals surface area contributed by atoms with Gasteiger partial charge in [-0.2, -0.15) is 5.26 Å². The lowest BCUT2D eigenvalue weighted by Gasteiger charge is -2.37. The summed E-state index contributed by atoms with van der Waals surface area (Å²) >= 11 is 0. The van der Waals surface area contributed by atoms with Gasteiger partial charge in [0.1, 0.15) is 0 Å². The van der Waals surface area contributed by atoms with Crippen molar-refractivity contribution in [3.8, 4) is 6.07 Å². The van der Waals surface area contributed by atoms with E-state index in [1.165, 1.54) is 25.9 Å². The van der Waals surface area contributed by atoms with Gasteiger partial charge in [0.05, 0.1) is 6.04 Å². The van der Waals surface area contributed by atoms with E-state index in [1.54, 1.807) is 0 Å². The highest BCUT2D eigenvalue weighted by Gasteiger charge is 2.33. The molecule has 0 aromatic carbocycles. The molecule has 0 N–H and O–H groups in total. The van der Waals surface area contributed by atoms with E-state index in [0.717, 1.165) is 69.7 Å². The molecule has 0 aliphatic carbocycles. The molecule has 3 saturated heterocycles. The molecule has 0 spiro atoms. The van der Waals surface area contributed by atoms with Crippen molar-refractivity contribution in [2.75, 3.05) is 39.3 Å². The first-order valence-corrected chi connectivity index (χ1v) is 11.6. The normalized spacial score (nSPS) is 27.2. The summed E-state index contributed by atoms with van der Waals surface area (Å²) in [5.74, 6) is 1.48. The van der Waals surface area contributed by atoms with Gasteiger partial charge in [-0.05, 0) is 71.8 Å². The van der Waals surface area contributed by atoms with E-state index in [0.29, 0.717) is 6.04 Å². The van der Waals surface area contributed by atoms with Crippen LogP contribution in [-0.4, -0.2) is 84.0 Å². The number of likely N-dealkylation sites (tertiary alicyclic amines) is 3. The minimum atomic E-state index is -0.756. The number of piperidine rings is 2. The average Bonchev–Trinajstić information content (AvgIpc) is 3.13. The summed E-state index contributed by atoms with van der Waals surface area (Å²) < 4.78 is 0. The summed E-state index contributed by atoms with van der Waals surface area (Å²) in [6, 6.07) is 3.00. The average molecular weight is 399 g/mol. The molecule has 3 aliphatic heterocycles. The quantitative estimate of drug-likeness (QED) is 0.405. The Morgan fingerprint density at radius 1 is 1.10 bits per heavy atom. The first-order valence-electron chi connectivity index (χ1n) is 11.6. The molecule has 3 fully saturated rings. The van der Waals surface area contributed by atoms with Crippen LogP contribution in [0, 0.1) is 23.8 Å². The number of nitrogens with zero attached hydrogens (tertiary/aromatic N) is 6. The van der Waals surface area contributed by atoms with Gasteiger partial charge < -0.3 is 14.7 Å². The molecule has 29 heavy (non-hydrogen) atoms. The molecule has 0 saturated carbocycles. The number of hydrogen-bond acceptors (Lipinski definition) is 4. The molecule has 0 bridgehead atoms. The van der Waals surface area contributed by atoms with Crippen molar-refractivity contribution in [1.29, 1.82) is 5.26 Å². The minimum Gasteiger partial charge on any atom is -0.353 e. The Kier molecular flexibility index (Phi) is 7.92. The molecule has 3 rings (SSSR count). The summed E-state index contributed by atoms with van der Waals surface area (Å²) in [4.78, 5) is 16.0. The van der Waals surface area contributed by atoms with Crippen LogP contribution in [0.4, 0.5) is 0 Å². The standard InChI is InChI=1S/C23H38N6/c1-18(2)27-14-9-21(10-15-27)26-23(22(16-24)25-4)28-12-7-20(8-13-28)17-29-11-5-6-19(29)3/h18-22H,5-15,17H2,1-3H3. The lowest BCUT2D eigenvalue weighted by atomic mass is 9.95. The van der Waals surface area contributed by atoms with Gasteiger partial charge in [0.2, 0.25) is 0 Å². The Balaban J connectivity index is 1.60. The van der Waals surface area contributed by atoms with Crippen molar-refractivity contribution in [2.24, 2.45) is 10.9 Å². The zero-order valence-corrected chi connectivity index (χ0v) is 18.6. The maximum Gasteiger partial charge on any atom is 0.363 e. The molecule has 0 radical (unpaired) electrons. The van der Waals surface area contributed by atoms with Crippen molar-refractivity contribution < 1.29 is 0 Å². The second kappa shape index (κ2) is 10.4. The third-order valence-electron chi connectivity index (χ3n) is 7.16. The summed E-state index contributed by atoms with van der Waals surface area (Å²) in [6.45, 7) is 20.8. The zero-order valence-electron chi connectivity index (χ0n) is 18.6. The Bertz CT molecular complexity index is 615.